The maximum absolute atomic E-state index is 13.0. The van der Waals surface area contributed by atoms with Gasteiger partial charge in [0.2, 0.25) is 0 Å². The maximum atomic E-state index is 13.0. The Hall–Kier alpha value is -5.01. The third kappa shape index (κ3) is 5.38. The summed E-state index contributed by atoms with van der Waals surface area (Å²) in [6, 6.07) is 10.5. The molecule has 196 valence electrons. The van der Waals surface area contributed by atoms with Crippen molar-refractivity contribution in [3.8, 4) is 28.1 Å². The molecule has 0 spiro atoms. The molecular weight excluding hydrogens is 510 g/mol. The highest BCUT2D eigenvalue weighted by Crippen LogP contribution is 2.39. The number of carbonyl (C=O) groups excluding carboxylic acids is 2. The van der Waals surface area contributed by atoms with Crippen molar-refractivity contribution in [3.63, 3.8) is 0 Å². The summed E-state index contributed by atoms with van der Waals surface area (Å²) >= 11 is 0. The van der Waals surface area contributed by atoms with E-state index in [0.29, 0.717) is 33.6 Å². The number of nitrogens with zero attached hydrogens (tertiary/aromatic N) is 4. The Kier molecular flexibility index (Phi) is 6.97. The molecule has 0 aliphatic carbocycles. The van der Waals surface area contributed by atoms with Crippen LogP contribution in [-0.2, 0) is 4.79 Å². The van der Waals surface area contributed by atoms with Crippen LogP contribution in [0.25, 0.3) is 27.9 Å². The van der Waals surface area contributed by atoms with Crippen molar-refractivity contribution >= 4 is 28.8 Å². The van der Waals surface area contributed by atoms with E-state index >= 15 is 0 Å². The van der Waals surface area contributed by atoms with Crippen LogP contribution in [0.4, 0.5) is 29.1 Å². The van der Waals surface area contributed by atoms with Crippen LogP contribution >= 0.6 is 0 Å². The van der Waals surface area contributed by atoms with E-state index < -0.39 is 30.4 Å². The maximum Gasteiger partial charge on any atom is 0.405 e. The number of halogens is 4. The predicted octanol–water partition coefficient (Wildman–Crippen LogP) is 3.76. The predicted molar refractivity (Wildman–Crippen MR) is 130 cm³/mol. The monoisotopic (exact) mass is 529 g/mol. The number of nitrogens with two attached hydrogens (primary N) is 1. The Morgan fingerprint density at radius 2 is 1.82 bits per heavy atom. The molecule has 38 heavy (non-hydrogen) atoms. The number of rotatable bonds is 7. The van der Waals surface area contributed by atoms with Crippen LogP contribution in [0.15, 0.2) is 61.2 Å². The first-order valence-corrected chi connectivity index (χ1v) is 10.8. The van der Waals surface area contributed by atoms with Crippen molar-refractivity contribution in [2.75, 3.05) is 24.7 Å². The number of ether oxygens (including phenoxy) is 1. The van der Waals surface area contributed by atoms with Crippen molar-refractivity contribution in [1.29, 1.82) is 0 Å². The lowest BCUT2D eigenvalue weighted by molar-refractivity contribution is -0.123. The normalized spacial score (nSPS) is 11.3. The van der Waals surface area contributed by atoms with Crippen LogP contribution in [0.3, 0.4) is 0 Å². The summed E-state index contributed by atoms with van der Waals surface area (Å²) in [6.45, 7) is 1.44. The van der Waals surface area contributed by atoms with Gasteiger partial charge in [0.1, 0.15) is 29.8 Å². The van der Waals surface area contributed by atoms with Gasteiger partial charge >= 0.3 is 6.18 Å². The molecule has 2 aromatic heterocycles. The van der Waals surface area contributed by atoms with Crippen LogP contribution in [0.5, 0.6) is 5.75 Å². The zero-order valence-electron chi connectivity index (χ0n) is 19.6. The highest BCUT2D eigenvalue weighted by atomic mass is 19.4. The van der Waals surface area contributed by atoms with Crippen molar-refractivity contribution in [1.82, 2.24) is 25.1 Å². The Bertz CT molecular complexity index is 1550. The van der Waals surface area contributed by atoms with E-state index in [1.807, 2.05) is 5.32 Å². The number of nitrogens with one attached hydrogen (secondary N) is 2. The lowest BCUT2D eigenvalue weighted by Gasteiger charge is -2.13. The molecular formula is C24H19F4N7O3. The second-order valence-corrected chi connectivity index (χ2v) is 7.86. The number of amides is 2. The third-order valence-corrected chi connectivity index (χ3v) is 5.32. The molecule has 0 unspecified atom stereocenters. The van der Waals surface area contributed by atoms with Gasteiger partial charge in [-0.3, -0.25) is 9.59 Å². The molecule has 0 fully saturated rings. The number of alkyl halides is 3. The number of nitrogen functional groups attached to an aromatic ring is 1. The van der Waals surface area contributed by atoms with Crippen LogP contribution in [0, 0.1) is 0 Å². The van der Waals surface area contributed by atoms with Gasteiger partial charge in [0.05, 0.1) is 12.7 Å². The average Bonchev–Trinajstić information content (AvgIpc) is 3.27. The van der Waals surface area contributed by atoms with Gasteiger partial charge in [0.25, 0.3) is 11.8 Å². The van der Waals surface area contributed by atoms with Gasteiger partial charge in [0, 0.05) is 16.8 Å². The summed E-state index contributed by atoms with van der Waals surface area (Å²) in [7, 11) is 1.27. The first-order valence-electron chi connectivity index (χ1n) is 10.8. The molecule has 4 rings (SSSR count). The molecule has 0 saturated carbocycles. The van der Waals surface area contributed by atoms with E-state index in [1.165, 1.54) is 48.4 Å². The standard InChI is InChI=1S/C24H19F4N7O3/c1-12(25)22(36)33-15-6-3-13(4-7-15)19-18(20-21(29)31-11-32-35(20)34-19)14-5-8-16(17(9-14)38-2)23(37)30-10-24(26,27)28/h3-9,11H,1,10H2,2H3,(H,30,37)(H,33,36)(H2,29,31,32). The minimum Gasteiger partial charge on any atom is -0.496 e. The quantitative estimate of drug-likeness (QED) is 0.245. The molecule has 10 nitrogen and oxygen atoms in total. The van der Waals surface area contributed by atoms with E-state index in [0.717, 1.165) is 0 Å². The second kappa shape index (κ2) is 10.2. The molecule has 0 saturated heterocycles. The van der Waals surface area contributed by atoms with Crippen LogP contribution in [0.2, 0.25) is 0 Å². The summed E-state index contributed by atoms with van der Waals surface area (Å²) in [4.78, 5) is 27.9. The van der Waals surface area contributed by atoms with Crippen molar-refractivity contribution < 1.29 is 31.9 Å². The number of carbonyl (C=O) groups is 2. The second-order valence-electron chi connectivity index (χ2n) is 7.86. The fourth-order valence-electron chi connectivity index (χ4n) is 3.61. The molecule has 0 aliphatic heterocycles. The largest absolute Gasteiger partial charge is 0.496 e. The molecule has 2 aromatic carbocycles. The van der Waals surface area contributed by atoms with Gasteiger partial charge in [-0.1, -0.05) is 24.8 Å². The Labute approximate surface area is 212 Å². The molecule has 0 aliphatic rings. The molecule has 0 bridgehead atoms. The Morgan fingerprint density at radius 3 is 2.45 bits per heavy atom. The lowest BCUT2D eigenvalue weighted by Crippen LogP contribution is -2.33. The molecule has 0 atom stereocenters. The highest BCUT2D eigenvalue weighted by Gasteiger charge is 2.29. The third-order valence-electron chi connectivity index (χ3n) is 5.32. The molecule has 4 N–H and O–H groups in total. The smallest absolute Gasteiger partial charge is 0.405 e. The highest BCUT2D eigenvalue weighted by molar-refractivity contribution is 6.02. The van der Waals surface area contributed by atoms with E-state index in [-0.39, 0.29) is 17.1 Å². The van der Waals surface area contributed by atoms with E-state index in [2.05, 4.69) is 27.1 Å². The van der Waals surface area contributed by atoms with Crippen LogP contribution in [0.1, 0.15) is 10.4 Å². The Morgan fingerprint density at radius 1 is 1.13 bits per heavy atom. The van der Waals surface area contributed by atoms with Gasteiger partial charge < -0.3 is 21.1 Å². The van der Waals surface area contributed by atoms with Crippen LogP contribution in [-0.4, -0.2) is 51.5 Å². The fourth-order valence-corrected chi connectivity index (χ4v) is 3.61. The van der Waals surface area contributed by atoms with Gasteiger partial charge in [-0.05, 0) is 29.8 Å². The number of hydrogen-bond donors (Lipinski definition) is 3. The fraction of sp³-hybridized carbons (Fsp3) is 0.125. The summed E-state index contributed by atoms with van der Waals surface area (Å²) < 4.78 is 57.2. The molecule has 14 heteroatoms. The van der Waals surface area contributed by atoms with Crippen LogP contribution < -0.4 is 21.1 Å². The first kappa shape index (κ1) is 26.1. The zero-order valence-corrected chi connectivity index (χ0v) is 19.6. The number of methoxy groups -OCH3 is 1. The minimum atomic E-state index is -4.58. The average molecular weight is 529 g/mol. The van der Waals surface area contributed by atoms with E-state index in [4.69, 9.17) is 10.5 Å². The number of anilines is 2. The number of hydrogen-bond acceptors (Lipinski definition) is 7. The first-order chi connectivity index (χ1) is 18.0. The van der Waals surface area contributed by atoms with E-state index in [9.17, 15) is 27.2 Å². The summed E-state index contributed by atoms with van der Waals surface area (Å²) in [5.74, 6) is -3.00. The van der Waals surface area contributed by atoms with Gasteiger partial charge in [-0.15, -0.1) is 14.8 Å². The van der Waals surface area contributed by atoms with Gasteiger partial charge in [-0.2, -0.15) is 13.2 Å². The molecule has 0 radical (unpaired) electrons. The Balaban J connectivity index is 1.79. The van der Waals surface area contributed by atoms with Gasteiger partial charge in [-0.25, -0.2) is 9.37 Å². The topological polar surface area (TPSA) is 137 Å². The number of benzene rings is 2. The molecule has 4 aromatic rings. The lowest BCUT2D eigenvalue weighted by atomic mass is 9.98. The SMILES string of the molecule is C=C(F)C(=O)Nc1ccc(-c2nn3ncnc(N)c3c2-c2ccc(C(=O)NCC(F)(F)F)c(OC)c2)cc1. The van der Waals surface area contributed by atoms with Crippen molar-refractivity contribution in [2.45, 2.75) is 6.18 Å². The van der Waals surface area contributed by atoms with Gasteiger partial charge in [0.15, 0.2) is 11.6 Å². The van der Waals surface area contributed by atoms with Crippen molar-refractivity contribution in [2.24, 2.45) is 0 Å². The molecule has 2 heterocycles. The minimum absolute atomic E-state index is 0.00686. The zero-order chi connectivity index (χ0) is 27.6. The van der Waals surface area contributed by atoms with E-state index in [1.54, 1.807) is 12.1 Å². The summed E-state index contributed by atoms with van der Waals surface area (Å²) in [5, 5.41) is 12.7. The van der Waals surface area contributed by atoms with Crippen molar-refractivity contribution in [3.05, 3.63) is 66.8 Å². The number of fused-ring (bicyclic) bond motifs is 1. The number of aromatic nitrogens is 4. The molecule has 2 amide bonds. The summed E-state index contributed by atoms with van der Waals surface area (Å²) in [5.41, 5.74) is 8.45. The summed E-state index contributed by atoms with van der Waals surface area (Å²) in [6.07, 6.45) is -3.37.